The smallest absolute Gasteiger partial charge is 0.0189 e. The molecule has 0 fully saturated rings. The highest BCUT2D eigenvalue weighted by molar-refractivity contribution is 5.63. The number of benzene rings is 2. The minimum atomic E-state index is 0.110. The van der Waals surface area contributed by atoms with Crippen molar-refractivity contribution < 1.29 is 0 Å². The highest BCUT2D eigenvalue weighted by Crippen LogP contribution is 2.20. The Balaban J connectivity index is 1.95. The van der Waals surface area contributed by atoms with Gasteiger partial charge in [0.1, 0.15) is 0 Å². The predicted octanol–water partition coefficient (Wildman–Crippen LogP) is 3.21. The maximum Gasteiger partial charge on any atom is 0.0189 e. The molecular formula is C18H24N2. The molecule has 0 saturated heterocycles. The van der Waals surface area contributed by atoms with Gasteiger partial charge in [-0.25, -0.2) is 0 Å². The van der Waals surface area contributed by atoms with Crippen molar-refractivity contribution in [3.63, 3.8) is 0 Å². The van der Waals surface area contributed by atoms with Crippen LogP contribution in [0.5, 0.6) is 0 Å². The molecule has 0 aliphatic carbocycles. The van der Waals surface area contributed by atoms with Gasteiger partial charge in [0.25, 0.3) is 0 Å². The van der Waals surface area contributed by atoms with E-state index in [-0.39, 0.29) is 6.04 Å². The lowest BCUT2D eigenvalue weighted by atomic mass is 9.94. The van der Waals surface area contributed by atoms with Gasteiger partial charge in [-0.2, -0.15) is 0 Å². The van der Waals surface area contributed by atoms with Crippen molar-refractivity contribution in [2.75, 3.05) is 6.54 Å². The number of hydrogen-bond donors (Lipinski definition) is 2. The Morgan fingerprint density at radius 2 is 1.50 bits per heavy atom. The second kappa shape index (κ2) is 7.22. The largest absolute Gasteiger partial charge is 0.329 e. The van der Waals surface area contributed by atoms with Crippen molar-refractivity contribution in [3.8, 4) is 11.1 Å². The topological polar surface area (TPSA) is 52.0 Å². The molecule has 0 bridgehead atoms. The van der Waals surface area contributed by atoms with E-state index in [1.54, 1.807) is 0 Å². The van der Waals surface area contributed by atoms with Crippen LogP contribution >= 0.6 is 0 Å². The van der Waals surface area contributed by atoms with E-state index >= 15 is 0 Å². The van der Waals surface area contributed by atoms with E-state index in [0.29, 0.717) is 12.5 Å². The van der Waals surface area contributed by atoms with Gasteiger partial charge in [0.15, 0.2) is 0 Å². The summed E-state index contributed by atoms with van der Waals surface area (Å²) < 4.78 is 0. The first-order valence-electron chi connectivity index (χ1n) is 7.30. The van der Waals surface area contributed by atoms with E-state index in [0.717, 1.165) is 12.8 Å². The Labute approximate surface area is 121 Å². The number of hydrogen-bond acceptors (Lipinski definition) is 2. The van der Waals surface area contributed by atoms with E-state index in [4.69, 9.17) is 11.5 Å². The summed E-state index contributed by atoms with van der Waals surface area (Å²) in [5.74, 6) is 0.466. The van der Waals surface area contributed by atoms with Crippen LogP contribution in [0.3, 0.4) is 0 Å². The predicted molar refractivity (Wildman–Crippen MR) is 86.4 cm³/mol. The molecule has 2 rings (SSSR count). The standard InChI is InChI=1S/C18H24N2/c1-14(18(20)13-19)7-8-15-9-11-17(12-10-15)16-5-3-2-4-6-16/h2-6,9-12,14,18H,7-8,13,19-20H2,1H3. The van der Waals surface area contributed by atoms with Crippen LogP contribution in [0.4, 0.5) is 0 Å². The minimum absolute atomic E-state index is 0.110. The van der Waals surface area contributed by atoms with Gasteiger partial charge in [0.05, 0.1) is 0 Å². The molecule has 2 unspecified atom stereocenters. The lowest BCUT2D eigenvalue weighted by Crippen LogP contribution is -2.36. The fourth-order valence-electron chi connectivity index (χ4n) is 2.34. The third-order valence-corrected chi connectivity index (χ3v) is 3.95. The molecule has 0 saturated carbocycles. The van der Waals surface area contributed by atoms with Crippen LogP contribution in [0.25, 0.3) is 11.1 Å². The maximum absolute atomic E-state index is 5.96. The van der Waals surface area contributed by atoms with E-state index in [1.165, 1.54) is 16.7 Å². The van der Waals surface area contributed by atoms with E-state index in [9.17, 15) is 0 Å². The first kappa shape index (κ1) is 14.8. The fourth-order valence-corrected chi connectivity index (χ4v) is 2.34. The number of aryl methyl sites for hydroxylation is 1. The molecule has 4 N–H and O–H groups in total. The quantitative estimate of drug-likeness (QED) is 0.845. The highest BCUT2D eigenvalue weighted by atomic mass is 14.7. The van der Waals surface area contributed by atoms with Crippen LogP contribution in [0.1, 0.15) is 18.9 Å². The summed E-state index contributed by atoms with van der Waals surface area (Å²) in [6.07, 6.45) is 2.15. The molecule has 2 atom stereocenters. The second-order valence-electron chi connectivity index (χ2n) is 5.48. The molecular weight excluding hydrogens is 244 g/mol. The summed E-state index contributed by atoms with van der Waals surface area (Å²) in [6.45, 7) is 2.74. The van der Waals surface area contributed by atoms with Crippen LogP contribution in [0.15, 0.2) is 54.6 Å². The molecule has 20 heavy (non-hydrogen) atoms. The molecule has 2 aromatic rings. The van der Waals surface area contributed by atoms with Crippen molar-refractivity contribution in [1.82, 2.24) is 0 Å². The number of nitrogens with two attached hydrogens (primary N) is 2. The summed E-state index contributed by atoms with van der Waals surface area (Å²) in [4.78, 5) is 0. The lowest BCUT2D eigenvalue weighted by molar-refractivity contribution is 0.432. The summed E-state index contributed by atoms with van der Waals surface area (Å²) in [7, 11) is 0. The zero-order valence-corrected chi connectivity index (χ0v) is 12.1. The summed E-state index contributed by atoms with van der Waals surface area (Å²) >= 11 is 0. The number of rotatable bonds is 6. The summed E-state index contributed by atoms with van der Waals surface area (Å²) in [5, 5.41) is 0. The van der Waals surface area contributed by atoms with E-state index < -0.39 is 0 Å². The van der Waals surface area contributed by atoms with Crippen LogP contribution < -0.4 is 11.5 Å². The van der Waals surface area contributed by atoms with Gasteiger partial charge >= 0.3 is 0 Å². The van der Waals surface area contributed by atoms with Crippen molar-refractivity contribution in [1.29, 1.82) is 0 Å². The Kier molecular flexibility index (Phi) is 5.33. The van der Waals surface area contributed by atoms with E-state index in [2.05, 4.69) is 55.5 Å². The highest BCUT2D eigenvalue weighted by Gasteiger charge is 2.10. The van der Waals surface area contributed by atoms with Crippen LogP contribution in [-0.4, -0.2) is 12.6 Å². The molecule has 0 radical (unpaired) electrons. The second-order valence-corrected chi connectivity index (χ2v) is 5.48. The molecule has 0 heterocycles. The van der Waals surface area contributed by atoms with Gasteiger partial charge in [-0.05, 0) is 35.4 Å². The zero-order chi connectivity index (χ0) is 14.4. The van der Waals surface area contributed by atoms with Crippen LogP contribution in [0, 0.1) is 5.92 Å². The van der Waals surface area contributed by atoms with Gasteiger partial charge < -0.3 is 11.5 Å². The van der Waals surface area contributed by atoms with Crippen LogP contribution in [0.2, 0.25) is 0 Å². The monoisotopic (exact) mass is 268 g/mol. The van der Waals surface area contributed by atoms with Gasteiger partial charge in [0, 0.05) is 12.6 Å². The van der Waals surface area contributed by atoms with Gasteiger partial charge in [-0.15, -0.1) is 0 Å². The molecule has 0 amide bonds. The molecule has 0 spiro atoms. The normalized spacial score (nSPS) is 13.9. The Hall–Kier alpha value is -1.64. The van der Waals surface area contributed by atoms with Crippen molar-refractivity contribution in [2.24, 2.45) is 17.4 Å². The molecule has 0 aliphatic rings. The minimum Gasteiger partial charge on any atom is -0.329 e. The van der Waals surface area contributed by atoms with E-state index in [1.807, 2.05) is 6.07 Å². The van der Waals surface area contributed by atoms with Crippen LogP contribution in [-0.2, 0) is 6.42 Å². The Bertz CT molecular complexity index is 505. The first-order chi connectivity index (χ1) is 9.70. The Morgan fingerprint density at radius 1 is 0.900 bits per heavy atom. The van der Waals surface area contributed by atoms with Gasteiger partial charge in [0.2, 0.25) is 0 Å². The molecule has 0 aromatic heterocycles. The summed E-state index contributed by atoms with van der Waals surface area (Å²) in [6, 6.07) is 19.4. The van der Waals surface area contributed by atoms with Crippen molar-refractivity contribution in [2.45, 2.75) is 25.8 Å². The van der Waals surface area contributed by atoms with Gasteiger partial charge in [-0.3, -0.25) is 0 Å². The summed E-state index contributed by atoms with van der Waals surface area (Å²) in [5.41, 5.74) is 15.4. The maximum atomic E-state index is 5.96. The van der Waals surface area contributed by atoms with Gasteiger partial charge in [-0.1, -0.05) is 61.5 Å². The third kappa shape index (κ3) is 3.92. The Morgan fingerprint density at radius 3 is 2.10 bits per heavy atom. The first-order valence-corrected chi connectivity index (χ1v) is 7.30. The zero-order valence-electron chi connectivity index (χ0n) is 12.1. The fraction of sp³-hybridized carbons (Fsp3) is 0.333. The molecule has 106 valence electrons. The average molecular weight is 268 g/mol. The lowest BCUT2D eigenvalue weighted by Gasteiger charge is -2.17. The van der Waals surface area contributed by atoms with Crippen molar-refractivity contribution in [3.05, 3.63) is 60.2 Å². The average Bonchev–Trinajstić information content (AvgIpc) is 2.53. The van der Waals surface area contributed by atoms with Crippen molar-refractivity contribution >= 4 is 0 Å². The molecule has 0 aliphatic heterocycles. The molecule has 2 aromatic carbocycles. The third-order valence-electron chi connectivity index (χ3n) is 3.95. The molecule has 2 nitrogen and oxygen atoms in total. The SMILES string of the molecule is CC(CCc1ccc(-c2ccccc2)cc1)C(N)CN. The molecule has 2 heteroatoms.